The van der Waals surface area contributed by atoms with Crippen LogP contribution in [0.25, 0.3) is 28.1 Å². The van der Waals surface area contributed by atoms with Gasteiger partial charge in [0, 0.05) is 20.3 Å². The van der Waals surface area contributed by atoms with Crippen molar-refractivity contribution in [1.82, 2.24) is 19.7 Å². The van der Waals surface area contributed by atoms with Crippen molar-refractivity contribution in [2.45, 2.75) is 0 Å². The molecule has 0 aliphatic rings. The van der Waals surface area contributed by atoms with E-state index in [-0.39, 0.29) is 5.56 Å². The maximum atomic E-state index is 12.4. The quantitative estimate of drug-likeness (QED) is 0.746. The number of fused-ring (bicyclic) bond motifs is 1. The third-order valence-corrected chi connectivity index (χ3v) is 3.89. The second-order valence-electron chi connectivity index (χ2n) is 4.70. The number of benzene rings is 1. The van der Waals surface area contributed by atoms with E-state index in [1.807, 2.05) is 43.3 Å². The summed E-state index contributed by atoms with van der Waals surface area (Å²) in [6.07, 6.45) is 1.75. The van der Waals surface area contributed by atoms with Gasteiger partial charge in [-0.25, -0.2) is 4.98 Å². The normalized spacial score (nSPS) is 12.2. The number of para-hydroxylation sites is 1. The van der Waals surface area contributed by atoms with E-state index in [0.29, 0.717) is 15.7 Å². The lowest BCUT2D eigenvalue weighted by atomic mass is 10.3. The lowest BCUT2D eigenvalue weighted by Gasteiger charge is -2.00. The highest BCUT2D eigenvalue weighted by Crippen LogP contribution is 2.22. The molecule has 0 atom stereocenters. The molecule has 0 saturated carbocycles. The van der Waals surface area contributed by atoms with Gasteiger partial charge in [0.1, 0.15) is 0 Å². The molecule has 6 heteroatoms. The first-order valence-corrected chi connectivity index (χ1v) is 6.92. The van der Waals surface area contributed by atoms with E-state index in [2.05, 4.69) is 16.7 Å². The summed E-state index contributed by atoms with van der Waals surface area (Å²) in [4.78, 5) is 18.7. The van der Waals surface area contributed by atoms with Crippen LogP contribution in [0.2, 0.25) is 0 Å². The highest BCUT2D eigenvalue weighted by molar-refractivity contribution is 7.20. The van der Waals surface area contributed by atoms with Gasteiger partial charge < -0.3 is 4.90 Å². The van der Waals surface area contributed by atoms with Crippen LogP contribution in [0.5, 0.6) is 0 Å². The van der Waals surface area contributed by atoms with Crippen LogP contribution in [-0.4, -0.2) is 33.8 Å². The van der Waals surface area contributed by atoms with Crippen molar-refractivity contribution in [3.05, 3.63) is 45.2 Å². The second-order valence-corrected chi connectivity index (χ2v) is 5.71. The van der Waals surface area contributed by atoms with Gasteiger partial charge in [0.25, 0.3) is 5.56 Å². The fourth-order valence-corrected chi connectivity index (χ4v) is 2.90. The Labute approximate surface area is 119 Å². The molecule has 0 radical (unpaired) electrons. The molecule has 0 unspecified atom stereocenters. The summed E-state index contributed by atoms with van der Waals surface area (Å²) in [6, 6.07) is 7.81. The lowest BCUT2D eigenvalue weighted by molar-refractivity contribution is 0.613. The summed E-state index contributed by atoms with van der Waals surface area (Å²) < 4.78 is 2.50. The SMILES string of the molecule is C=c1[nH]n(-c2nc3ccccc3s2)c(=O)c1=CN(C)C. The predicted molar refractivity (Wildman–Crippen MR) is 82.5 cm³/mol. The van der Waals surface area contributed by atoms with Crippen LogP contribution in [0.4, 0.5) is 0 Å². The minimum absolute atomic E-state index is 0.136. The van der Waals surface area contributed by atoms with E-state index in [1.54, 1.807) is 6.20 Å². The van der Waals surface area contributed by atoms with Gasteiger partial charge in [-0.3, -0.25) is 9.89 Å². The van der Waals surface area contributed by atoms with Crippen LogP contribution in [0.1, 0.15) is 0 Å². The van der Waals surface area contributed by atoms with E-state index in [4.69, 9.17) is 0 Å². The minimum Gasteiger partial charge on any atom is -0.383 e. The maximum absolute atomic E-state index is 12.4. The van der Waals surface area contributed by atoms with Crippen LogP contribution in [0.15, 0.2) is 29.1 Å². The van der Waals surface area contributed by atoms with E-state index < -0.39 is 0 Å². The smallest absolute Gasteiger partial charge is 0.282 e. The Morgan fingerprint density at radius 3 is 2.85 bits per heavy atom. The van der Waals surface area contributed by atoms with Gasteiger partial charge in [-0.2, -0.15) is 4.68 Å². The van der Waals surface area contributed by atoms with Crippen molar-refractivity contribution in [2.75, 3.05) is 14.1 Å². The van der Waals surface area contributed by atoms with Gasteiger partial charge in [0.2, 0.25) is 5.13 Å². The molecule has 2 aromatic heterocycles. The third-order valence-electron chi connectivity index (χ3n) is 2.87. The molecular weight excluding hydrogens is 272 g/mol. The molecule has 0 aliphatic heterocycles. The first kappa shape index (κ1) is 12.7. The molecule has 2 heterocycles. The number of hydrogen-bond donors (Lipinski definition) is 1. The number of nitrogens with one attached hydrogen (secondary N) is 1. The summed E-state index contributed by atoms with van der Waals surface area (Å²) in [7, 11) is 3.74. The Balaban J connectivity index is 2.26. The summed E-state index contributed by atoms with van der Waals surface area (Å²) in [5.41, 5.74) is 0.750. The third kappa shape index (κ3) is 2.04. The highest BCUT2D eigenvalue weighted by Gasteiger charge is 2.09. The molecule has 3 rings (SSSR count). The largest absolute Gasteiger partial charge is 0.383 e. The number of nitrogens with zero attached hydrogens (tertiary/aromatic N) is 3. The Kier molecular flexibility index (Phi) is 2.94. The van der Waals surface area contributed by atoms with Crippen molar-refractivity contribution in [3.63, 3.8) is 0 Å². The number of thiazole rings is 1. The highest BCUT2D eigenvalue weighted by atomic mass is 32.1. The van der Waals surface area contributed by atoms with Gasteiger partial charge in [-0.05, 0) is 12.1 Å². The van der Waals surface area contributed by atoms with Gasteiger partial charge in [0.05, 0.1) is 20.8 Å². The standard InChI is InChI=1S/C14H14N4OS/c1-9-10(8-17(2)3)13(19)18(16-9)14-15-11-6-4-5-7-12(11)20-14/h4-8,16H,1H2,2-3H3. The molecule has 20 heavy (non-hydrogen) atoms. The van der Waals surface area contributed by atoms with Crippen LogP contribution in [0.3, 0.4) is 0 Å². The zero-order valence-electron chi connectivity index (χ0n) is 11.3. The van der Waals surface area contributed by atoms with Crippen molar-refractivity contribution < 1.29 is 0 Å². The summed E-state index contributed by atoms with van der Waals surface area (Å²) in [5.74, 6) is 0. The van der Waals surface area contributed by atoms with Crippen molar-refractivity contribution >= 4 is 34.3 Å². The zero-order valence-corrected chi connectivity index (χ0v) is 12.1. The van der Waals surface area contributed by atoms with Gasteiger partial charge in [-0.15, -0.1) is 0 Å². The van der Waals surface area contributed by atoms with Crippen LogP contribution in [0, 0.1) is 0 Å². The van der Waals surface area contributed by atoms with Gasteiger partial charge in [-0.1, -0.05) is 30.0 Å². The van der Waals surface area contributed by atoms with Crippen molar-refractivity contribution in [1.29, 1.82) is 0 Å². The lowest BCUT2D eigenvalue weighted by Crippen LogP contribution is -2.35. The molecule has 0 aliphatic carbocycles. The maximum Gasteiger partial charge on any atom is 0.282 e. The van der Waals surface area contributed by atoms with E-state index in [0.717, 1.165) is 10.2 Å². The number of H-pyrrole nitrogens is 1. The minimum atomic E-state index is -0.136. The fraction of sp³-hybridized carbons (Fsp3) is 0.143. The molecule has 0 bridgehead atoms. The van der Waals surface area contributed by atoms with Crippen LogP contribution in [-0.2, 0) is 0 Å². The molecule has 1 N–H and O–H groups in total. The Morgan fingerprint density at radius 2 is 2.15 bits per heavy atom. The molecule has 5 nitrogen and oxygen atoms in total. The van der Waals surface area contributed by atoms with Crippen molar-refractivity contribution in [3.8, 4) is 5.13 Å². The average Bonchev–Trinajstić information content (AvgIpc) is 2.94. The fourth-order valence-electron chi connectivity index (χ4n) is 1.98. The molecular formula is C14H14N4OS. The zero-order chi connectivity index (χ0) is 14.3. The molecule has 0 saturated heterocycles. The number of aromatic amines is 1. The first-order chi connectivity index (χ1) is 9.56. The number of hydrogen-bond acceptors (Lipinski definition) is 4. The predicted octanol–water partition coefficient (Wildman–Crippen LogP) is 0.485. The Morgan fingerprint density at radius 1 is 1.40 bits per heavy atom. The summed E-state index contributed by atoms with van der Waals surface area (Å²) in [6.45, 7) is 3.88. The van der Waals surface area contributed by atoms with E-state index in [1.165, 1.54) is 16.0 Å². The average molecular weight is 286 g/mol. The molecule has 102 valence electrons. The Bertz CT molecular complexity index is 899. The summed E-state index contributed by atoms with van der Waals surface area (Å²) >= 11 is 1.47. The number of aromatic nitrogens is 3. The van der Waals surface area contributed by atoms with Crippen LogP contribution >= 0.6 is 11.3 Å². The first-order valence-electron chi connectivity index (χ1n) is 6.10. The monoisotopic (exact) mass is 286 g/mol. The molecule has 1 aromatic carbocycles. The topological polar surface area (TPSA) is 53.9 Å². The van der Waals surface area contributed by atoms with E-state index >= 15 is 0 Å². The molecule has 3 aromatic rings. The van der Waals surface area contributed by atoms with Crippen molar-refractivity contribution in [2.24, 2.45) is 0 Å². The van der Waals surface area contributed by atoms with Crippen LogP contribution < -0.4 is 16.1 Å². The number of rotatable bonds is 2. The molecule has 0 spiro atoms. The molecule has 0 fully saturated rings. The Hall–Kier alpha value is -2.34. The molecule has 0 amide bonds. The van der Waals surface area contributed by atoms with Gasteiger partial charge >= 0.3 is 0 Å². The van der Waals surface area contributed by atoms with Gasteiger partial charge in [0.15, 0.2) is 0 Å². The summed E-state index contributed by atoms with van der Waals surface area (Å²) in [5, 5.41) is 4.74. The van der Waals surface area contributed by atoms with E-state index in [9.17, 15) is 4.79 Å². The second kappa shape index (κ2) is 4.64.